The summed E-state index contributed by atoms with van der Waals surface area (Å²) in [5.41, 5.74) is 0.247. The second-order valence-electron chi connectivity index (χ2n) is 11.7. The normalized spacial score (nSPS) is 16.9. The SMILES string of the molecule is CCOCCN1CCc2c(C(=O)NC(Cc3cc(F)cc(F)c3)C(O)CNC3(c4cccc(C(F)(F)F)c4)CC3)cccc2C1=O. The number of fused-ring (bicyclic) bond motifs is 1. The highest BCUT2D eigenvalue weighted by Crippen LogP contribution is 2.46. The number of nitrogens with zero attached hydrogens (tertiary/aromatic N) is 1. The zero-order valence-corrected chi connectivity index (χ0v) is 25.3. The number of nitrogens with one attached hydrogen (secondary N) is 2. The molecule has 12 heteroatoms. The number of hydrogen-bond acceptors (Lipinski definition) is 5. The lowest BCUT2D eigenvalue weighted by Crippen LogP contribution is -2.50. The van der Waals surface area contributed by atoms with Crippen molar-refractivity contribution in [2.45, 2.75) is 56.5 Å². The van der Waals surface area contributed by atoms with Crippen molar-refractivity contribution in [2.24, 2.45) is 0 Å². The van der Waals surface area contributed by atoms with E-state index >= 15 is 0 Å². The molecule has 0 bridgehead atoms. The number of rotatable bonds is 13. The molecule has 1 heterocycles. The number of halogens is 5. The first kappa shape index (κ1) is 33.5. The van der Waals surface area contributed by atoms with Crippen LogP contribution in [0.25, 0.3) is 0 Å². The van der Waals surface area contributed by atoms with Crippen molar-refractivity contribution in [2.75, 3.05) is 32.8 Å². The number of amides is 2. The molecule has 5 rings (SSSR count). The third-order valence-electron chi connectivity index (χ3n) is 8.58. The van der Waals surface area contributed by atoms with Gasteiger partial charge in [-0.05, 0) is 85.7 Å². The molecule has 0 saturated heterocycles. The van der Waals surface area contributed by atoms with Gasteiger partial charge in [-0.1, -0.05) is 18.2 Å². The summed E-state index contributed by atoms with van der Waals surface area (Å²) in [5, 5.41) is 17.3. The van der Waals surface area contributed by atoms with E-state index in [1.165, 1.54) is 6.07 Å². The van der Waals surface area contributed by atoms with Gasteiger partial charge in [0.15, 0.2) is 0 Å². The summed E-state index contributed by atoms with van der Waals surface area (Å²) in [6, 6.07) is 11.7. The first-order valence-corrected chi connectivity index (χ1v) is 15.3. The molecule has 246 valence electrons. The van der Waals surface area contributed by atoms with Gasteiger partial charge in [0.25, 0.3) is 11.8 Å². The van der Waals surface area contributed by atoms with Gasteiger partial charge in [-0.15, -0.1) is 0 Å². The molecule has 46 heavy (non-hydrogen) atoms. The molecule has 3 N–H and O–H groups in total. The zero-order valence-electron chi connectivity index (χ0n) is 25.3. The van der Waals surface area contributed by atoms with Crippen LogP contribution in [-0.4, -0.2) is 66.8 Å². The lowest BCUT2D eigenvalue weighted by molar-refractivity contribution is -0.137. The average Bonchev–Trinajstić information content (AvgIpc) is 3.81. The van der Waals surface area contributed by atoms with Gasteiger partial charge in [0.05, 0.1) is 24.3 Å². The molecule has 3 aromatic rings. The third-order valence-corrected chi connectivity index (χ3v) is 8.58. The van der Waals surface area contributed by atoms with Crippen LogP contribution < -0.4 is 10.6 Å². The second-order valence-corrected chi connectivity index (χ2v) is 11.7. The fourth-order valence-corrected chi connectivity index (χ4v) is 5.96. The molecule has 1 saturated carbocycles. The molecular formula is C34H36F5N3O4. The first-order valence-electron chi connectivity index (χ1n) is 15.3. The fourth-order valence-electron chi connectivity index (χ4n) is 5.96. The Kier molecular flexibility index (Phi) is 10.1. The highest BCUT2D eigenvalue weighted by molar-refractivity contribution is 6.03. The number of carbonyl (C=O) groups is 2. The maximum atomic E-state index is 14.1. The topological polar surface area (TPSA) is 90.9 Å². The van der Waals surface area contributed by atoms with Gasteiger partial charge in [0.1, 0.15) is 11.6 Å². The number of carbonyl (C=O) groups excluding carboxylic acids is 2. The van der Waals surface area contributed by atoms with Gasteiger partial charge >= 0.3 is 6.18 Å². The molecule has 2 aliphatic rings. The summed E-state index contributed by atoms with van der Waals surface area (Å²) in [5.74, 6) is -2.44. The van der Waals surface area contributed by atoms with Crippen LogP contribution in [0.5, 0.6) is 0 Å². The molecule has 0 radical (unpaired) electrons. The van der Waals surface area contributed by atoms with Gasteiger partial charge in [0, 0.05) is 49.0 Å². The van der Waals surface area contributed by atoms with Crippen LogP contribution >= 0.6 is 0 Å². The smallest absolute Gasteiger partial charge is 0.390 e. The Balaban J connectivity index is 1.35. The predicted octanol–water partition coefficient (Wildman–Crippen LogP) is 5.00. The highest BCUT2D eigenvalue weighted by Gasteiger charge is 2.45. The van der Waals surface area contributed by atoms with E-state index in [1.54, 1.807) is 29.2 Å². The number of benzene rings is 3. The number of ether oxygens (including phenoxy) is 1. The molecule has 1 fully saturated rings. The Morgan fingerprint density at radius 1 is 1.07 bits per heavy atom. The van der Waals surface area contributed by atoms with E-state index < -0.39 is 47.0 Å². The van der Waals surface area contributed by atoms with E-state index in [0.717, 1.165) is 24.3 Å². The van der Waals surface area contributed by atoms with Crippen LogP contribution in [0, 0.1) is 11.6 Å². The van der Waals surface area contributed by atoms with E-state index in [-0.39, 0.29) is 30.0 Å². The Labute approximate surface area is 263 Å². The van der Waals surface area contributed by atoms with Gasteiger partial charge in [-0.25, -0.2) is 8.78 Å². The number of hydrogen-bond donors (Lipinski definition) is 3. The highest BCUT2D eigenvalue weighted by atomic mass is 19.4. The largest absolute Gasteiger partial charge is 0.416 e. The predicted molar refractivity (Wildman–Crippen MR) is 160 cm³/mol. The van der Waals surface area contributed by atoms with Crippen molar-refractivity contribution >= 4 is 11.8 Å². The number of aliphatic hydroxyl groups excluding tert-OH is 1. The Morgan fingerprint density at radius 2 is 1.78 bits per heavy atom. The molecule has 3 aromatic carbocycles. The maximum Gasteiger partial charge on any atom is 0.416 e. The molecule has 1 aliphatic heterocycles. The first-order chi connectivity index (χ1) is 21.9. The average molecular weight is 646 g/mol. The second kappa shape index (κ2) is 13.9. The van der Waals surface area contributed by atoms with Crippen LogP contribution in [0.3, 0.4) is 0 Å². The summed E-state index contributed by atoms with van der Waals surface area (Å²) in [6.45, 7) is 3.46. The van der Waals surface area contributed by atoms with E-state index in [2.05, 4.69) is 10.6 Å². The molecule has 2 amide bonds. The van der Waals surface area contributed by atoms with E-state index in [1.807, 2.05) is 6.92 Å². The van der Waals surface area contributed by atoms with Crippen LogP contribution in [0.1, 0.15) is 62.7 Å². The molecular weight excluding hydrogens is 609 g/mol. The number of alkyl halides is 3. The minimum atomic E-state index is -4.51. The maximum absolute atomic E-state index is 14.1. The molecule has 0 aromatic heterocycles. The van der Waals surface area contributed by atoms with Crippen LogP contribution in [0.2, 0.25) is 0 Å². The lowest BCUT2D eigenvalue weighted by Gasteiger charge is -2.30. The Bertz CT molecular complexity index is 1560. The summed E-state index contributed by atoms with van der Waals surface area (Å²) < 4.78 is 73.5. The zero-order chi connectivity index (χ0) is 33.1. The van der Waals surface area contributed by atoms with E-state index in [4.69, 9.17) is 4.74 Å². The minimum Gasteiger partial charge on any atom is -0.390 e. The van der Waals surface area contributed by atoms with Crippen molar-refractivity contribution in [3.63, 3.8) is 0 Å². The molecule has 2 unspecified atom stereocenters. The standard InChI is InChI=1S/C34H36F5N3O4/c1-2-46-14-13-42-12-9-26-27(7-4-8-28(26)32(42)45)31(44)41-29(17-21-15-24(35)19-25(36)16-21)30(43)20-40-33(10-11-33)22-5-3-6-23(18-22)34(37,38)39/h3-8,15-16,18-19,29-30,40,43H,2,9-14,17,20H2,1H3,(H,41,44). The summed E-state index contributed by atoms with van der Waals surface area (Å²) in [7, 11) is 0. The summed E-state index contributed by atoms with van der Waals surface area (Å²) in [4.78, 5) is 28.5. The quantitative estimate of drug-likeness (QED) is 0.180. The number of aliphatic hydroxyl groups is 1. The van der Waals surface area contributed by atoms with E-state index in [0.29, 0.717) is 68.3 Å². The van der Waals surface area contributed by atoms with Crippen molar-refractivity contribution in [3.05, 3.63) is 106 Å². The van der Waals surface area contributed by atoms with Crippen LogP contribution in [0.15, 0.2) is 60.7 Å². The van der Waals surface area contributed by atoms with Gasteiger partial charge < -0.3 is 25.4 Å². The van der Waals surface area contributed by atoms with Crippen molar-refractivity contribution in [3.8, 4) is 0 Å². The van der Waals surface area contributed by atoms with Crippen molar-refractivity contribution < 1.29 is 41.4 Å². The van der Waals surface area contributed by atoms with E-state index in [9.17, 15) is 36.6 Å². The third kappa shape index (κ3) is 7.73. The van der Waals surface area contributed by atoms with Crippen molar-refractivity contribution in [1.82, 2.24) is 15.5 Å². The summed E-state index contributed by atoms with van der Waals surface area (Å²) >= 11 is 0. The van der Waals surface area contributed by atoms with Gasteiger partial charge in [0.2, 0.25) is 0 Å². The Morgan fingerprint density at radius 3 is 2.46 bits per heavy atom. The fraction of sp³-hybridized carbons (Fsp3) is 0.412. The lowest BCUT2D eigenvalue weighted by atomic mass is 9.92. The molecule has 7 nitrogen and oxygen atoms in total. The Hall–Kier alpha value is -3.87. The summed E-state index contributed by atoms with van der Waals surface area (Å²) in [6.07, 6.45) is -4.45. The molecule has 1 aliphatic carbocycles. The minimum absolute atomic E-state index is 0.126. The van der Waals surface area contributed by atoms with Gasteiger partial charge in [-0.3, -0.25) is 9.59 Å². The monoisotopic (exact) mass is 645 g/mol. The van der Waals surface area contributed by atoms with Crippen molar-refractivity contribution in [1.29, 1.82) is 0 Å². The molecule has 0 spiro atoms. The van der Waals surface area contributed by atoms with Gasteiger partial charge in [-0.2, -0.15) is 13.2 Å². The molecule has 2 atom stereocenters. The van der Waals surface area contributed by atoms with Crippen LogP contribution in [-0.2, 0) is 29.3 Å². The van der Waals surface area contributed by atoms with Crippen LogP contribution in [0.4, 0.5) is 22.0 Å².